The molecular formula is C91H117Br3ClF3N28O9S3. The Morgan fingerprint density at radius 3 is 0.935 bits per heavy atom. The van der Waals surface area contributed by atoms with Crippen molar-refractivity contribution in [3.63, 3.8) is 0 Å². The van der Waals surface area contributed by atoms with E-state index in [1.165, 1.54) is 23.6 Å². The number of H-pyrrole nitrogens is 4. The number of primary sulfonamides is 1. The Hall–Kier alpha value is -10.9. The standard InChI is InChI=1S/C26H34BrN7O3S.C24H30BrN7O3S.C22H28BrN7O2S.C19H25ClF3N7O/c1-18(2)24(35)32-38(36,37)23-9-5-20(6-10-23)17-34(14-11-19-3-7-21(27)8-4-19)22-12-15-33(16-13-22)26-29-25(28)30-31-26;1-17(33)30-36(34,35)22-8-4-19(5-9-22)16-32(13-10-18-2-6-20(25)7-3-18)21-11-14-31(15-12-21)24-27-23(26)28-29-24;23-18-5-1-16(2-6-18)9-12-30(15-17-3-7-20(8-4-17)33(25,31)32)19-10-13-29(14-11-19)22-26-21(24)27-28-22;20-14-3-1-13(2-4-14)5-9-29(12-8-25-16(31)19(21,22)23)15-6-10-30(11-7-15)18-26-17(24)27-28-18/h3-10,18,22H,11-17H2,1-2H3,(H,32,35)(H3,28,29,30,31);2-9,21H,10-16H2,1H3,(H,30,33)(H3,26,27,28,29);1-8,19H,9-15H2,(H2,25,31,32)(H3,24,26,27,28);1-4,15H,5-12H2,(H,25,31)(H3,24,26,27,28). The Morgan fingerprint density at radius 1 is 0.413 bits per heavy atom. The number of hydrogen-bond acceptors (Lipinski definition) is 29. The smallest absolute Gasteiger partial charge is 0.368 e. The van der Waals surface area contributed by atoms with Crippen molar-refractivity contribution in [1.82, 2.24) is 95.1 Å². The summed E-state index contributed by atoms with van der Waals surface area (Å²) >= 11 is 16.4. The van der Waals surface area contributed by atoms with Crippen LogP contribution in [0.4, 0.5) is 60.8 Å². The van der Waals surface area contributed by atoms with Gasteiger partial charge in [-0.05, 0) is 201 Å². The lowest BCUT2D eigenvalue weighted by molar-refractivity contribution is -0.173. The van der Waals surface area contributed by atoms with E-state index >= 15 is 0 Å². The molecule has 0 saturated carbocycles. The molecule has 0 spiro atoms. The van der Waals surface area contributed by atoms with Gasteiger partial charge in [-0.15, -0.1) is 20.4 Å². The molecule has 11 aromatic rings. The van der Waals surface area contributed by atoms with Gasteiger partial charge in [0.2, 0.25) is 69.4 Å². The van der Waals surface area contributed by atoms with E-state index in [2.05, 4.69) is 220 Å². The molecule has 37 nitrogen and oxygen atoms in total. The molecule has 17 N–H and O–H groups in total. The van der Waals surface area contributed by atoms with E-state index in [9.17, 15) is 52.8 Å². The molecule has 4 aliphatic heterocycles. The lowest BCUT2D eigenvalue weighted by Crippen LogP contribution is -2.49. The summed E-state index contributed by atoms with van der Waals surface area (Å²) in [5, 5.41) is 35.2. The minimum Gasteiger partial charge on any atom is -0.368 e. The van der Waals surface area contributed by atoms with E-state index in [1.54, 1.807) is 50.2 Å². The molecule has 742 valence electrons. The van der Waals surface area contributed by atoms with Crippen LogP contribution in [0.5, 0.6) is 0 Å². The lowest BCUT2D eigenvalue weighted by Gasteiger charge is -2.38. The minimum absolute atomic E-state index is 0.0712. The van der Waals surface area contributed by atoms with Crippen molar-refractivity contribution in [1.29, 1.82) is 0 Å². The number of benzene rings is 7. The van der Waals surface area contributed by atoms with Gasteiger partial charge in [0.15, 0.2) is 0 Å². The van der Waals surface area contributed by atoms with E-state index < -0.39 is 59.9 Å². The number of amides is 3. The Balaban J connectivity index is 0.000000165. The van der Waals surface area contributed by atoms with E-state index in [0.717, 1.165) is 178 Å². The van der Waals surface area contributed by atoms with Crippen LogP contribution < -0.4 is 62.4 Å². The number of piperidine rings is 4. The molecule has 4 aliphatic rings. The Bertz CT molecular complexity index is 6080. The maximum absolute atomic E-state index is 12.6. The lowest BCUT2D eigenvalue weighted by atomic mass is 10.0. The zero-order chi connectivity index (χ0) is 98.9. The number of halogens is 7. The highest BCUT2D eigenvalue weighted by Gasteiger charge is 2.39. The fourth-order valence-electron chi connectivity index (χ4n) is 16.7. The van der Waals surface area contributed by atoms with Crippen molar-refractivity contribution in [3.05, 3.63) is 227 Å². The monoisotopic (exact) mass is 2170 g/mol. The first kappa shape index (κ1) is 106. The average Bonchev–Trinajstić information content (AvgIpc) is 1.01. The zero-order valence-corrected chi connectivity index (χ0v) is 84.6. The maximum atomic E-state index is 12.6. The number of hydrogen-bond donors (Lipinski definition) is 12. The van der Waals surface area contributed by atoms with E-state index in [1.807, 2.05) is 75.6 Å². The number of nitrogens with one attached hydrogen (secondary N) is 7. The van der Waals surface area contributed by atoms with Crippen molar-refractivity contribution in [2.45, 2.75) is 162 Å². The third-order valence-corrected chi connectivity index (χ3v) is 29.9. The van der Waals surface area contributed by atoms with Crippen molar-refractivity contribution in [3.8, 4) is 0 Å². The third kappa shape index (κ3) is 32.6. The van der Waals surface area contributed by atoms with Gasteiger partial charge < -0.3 is 47.9 Å². The molecule has 3 amide bonds. The summed E-state index contributed by atoms with van der Waals surface area (Å²) in [5.74, 6) is 0.176. The van der Waals surface area contributed by atoms with Crippen LogP contribution in [-0.2, 0) is 89.8 Å². The number of alkyl halides is 3. The number of aromatic nitrogens is 12. The van der Waals surface area contributed by atoms with Crippen molar-refractivity contribution < 1.29 is 52.8 Å². The SMILES string of the molecule is CC(=O)NS(=O)(=O)c1ccc(CN(CCc2ccc(Br)cc2)C2CCN(c3n[nH]c(N)n3)CC2)cc1.CC(C)C(=O)NS(=O)(=O)c1ccc(CN(CCc2ccc(Br)cc2)C2CCN(c3n[nH]c(N)n3)CC2)cc1.Nc1nc(N2CCC(N(CCNC(=O)C(F)(F)F)CCc3ccc(Cl)cc3)CC2)n[nH]1.Nc1nc(N2CCC(N(CCc3ccc(Br)cc3)Cc3ccc(S(N)(=O)=O)cc3)CC2)n[nH]1. The number of carbonyl (C=O) groups excluding carboxylic acids is 3. The molecule has 0 radical (unpaired) electrons. The molecule has 15 rings (SSSR count). The highest BCUT2D eigenvalue weighted by atomic mass is 79.9. The quantitative estimate of drug-likeness (QED) is 0.0176. The minimum atomic E-state index is -4.88. The van der Waals surface area contributed by atoms with Gasteiger partial charge in [0, 0.05) is 167 Å². The van der Waals surface area contributed by atoms with E-state index in [4.69, 9.17) is 39.7 Å². The first-order valence-corrected chi connectivity index (χ1v) is 52.5. The summed E-state index contributed by atoms with van der Waals surface area (Å²) < 4.78 is 118. The van der Waals surface area contributed by atoms with Crippen LogP contribution in [0.2, 0.25) is 5.02 Å². The molecule has 0 aliphatic carbocycles. The first-order valence-electron chi connectivity index (χ1n) is 45.2. The van der Waals surface area contributed by atoms with Crippen molar-refractivity contribution in [2.75, 3.05) is 134 Å². The number of nitrogens with two attached hydrogens (primary N) is 5. The van der Waals surface area contributed by atoms with Gasteiger partial charge in [-0.3, -0.25) is 34.0 Å². The maximum Gasteiger partial charge on any atom is 0.471 e. The highest BCUT2D eigenvalue weighted by molar-refractivity contribution is 9.11. The Morgan fingerprint density at radius 2 is 0.674 bits per heavy atom. The van der Waals surface area contributed by atoms with Crippen LogP contribution >= 0.6 is 59.4 Å². The summed E-state index contributed by atoms with van der Waals surface area (Å²) in [6, 6.07) is 54.2. The molecule has 47 heteroatoms. The van der Waals surface area contributed by atoms with Gasteiger partial charge in [0.05, 0.1) is 14.7 Å². The predicted octanol–water partition coefficient (Wildman–Crippen LogP) is 10.8. The van der Waals surface area contributed by atoms with Crippen LogP contribution in [0, 0.1) is 5.92 Å². The van der Waals surface area contributed by atoms with E-state index in [-0.39, 0.29) is 33.2 Å². The molecule has 7 aromatic carbocycles. The molecule has 4 fully saturated rings. The summed E-state index contributed by atoms with van der Waals surface area (Å²) in [6.45, 7) is 16.5. The summed E-state index contributed by atoms with van der Waals surface area (Å²) in [5.41, 5.74) is 30.6. The molecular weight excluding hydrogens is 2060 g/mol. The number of carbonyl (C=O) groups is 3. The third-order valence-electron chi connectivity index (χ3n) is 24.3. The summed E-state index contributed by atoms with van der Waals surface area (Å²) in [7, 11) is -11.4. The Labute approximate surface area is 831 Å². The van der Waals surface area contributed by atoms with Gasteiger partial charge in [-0.1, -0.05) is 158 Å². The number of anilines is 8. The number of aromatic amines is 4. The fourth-order valence-corrected chi connectivity index (χ4v) is 20.2. The second-order valence-corrected chi connectivity index (χ2v) is 42.5. The molecule has 4 saturated heterocycles. The van der Waals surface area contributed by atoms with Crippen LogP contribution in [0.15, 0.2) is 198 Å². The molecule has 4 aromatic heterocycles. The average molecular weight is 2180 g/mol. The molecule has 0 bridgehead atoms. The topological polar surface area (TPSA) is 512 Å². The Kier molecular flexibility index (Phi) is 38.2. The zero-order valence-electron chi connectivity index (χ0n) is 76.6. The fraction of sp³-hybridized carbons (Fsp3) is 0.418. The van der Waals surface area contributed by atoms with Crippen LogP contribution in [-0.4, -0.2) is 245 Å². The number of rotatable bonds is 35. The molecule has 8 heterocycles. The van der Waals surface area contributed by atoms with Gasteiger partial charge in [-0.25, -0.2) is 60.2 Å². The first-order chi connectivity index (χ1) is 65.8. The van der Waals surface area contributed by atoms with Crippen LogP contribution in [0.25, 0.3) is 0 Å². The van der Waals surface area contributed by atoms with Crippen molar-refractivity contribution >= 4 is 155 Å². The predicted molar refractivity (Wildman–Crippen MR) is 537 cm³/mol. The summed E-state index contributed by atoms with van der Waals surface area (Å²) in [6.07, 6.45) is 5.91. The normalized spacial score (nSPS) is 15.1. The second kappa shape index (κ2) is 49.8. The molecule has 138 heavy (non-hydrogen) atoms. The van der Waals surface area contributed by atoms with E-state index in [0.29, 0.717) is 104 Å². The molecule has 0 unspecified atom stereocenters. The molecule has 0 atom stereocenters. The van der Waals surface area contributed by atoms with Gasteiger partial charge in [0.1, 0.15) is 0 Å². The van der Waals surface area contributed by atoms with Crippen LogP contribution in [0.1, 0.15) is 111 Å². The van der Waals surface area contributed by atoms with Crippen molar-refractivity contribution in [2.24, 2.45) is 11.1 Å². The van der Waals surface area contributed by atoms with Gasteiger partial charge in [-0.2, -0.15) is 33.1 Å². The number of nitrogens with zero attached hydrogens (tertiary/aromatic N) is 16. The number of nitrogen functional groups attached to an aromatic ring is 4. The second-order valence-electron chi connectivity index (χ2n) is 34.4. The summed E-state index contributed by atoms with van der Waals surface area (Å²) in [4.78, 5) is 69.4. The van der Waals surface area contributed by atoms with Gasteiger partial charge >= 0.3 is 12.1 Å². The number of sulfonamides is 3. The van der Waals surface area contributed by atoms with Crippen LogP contribution in [0.3, 0.4) is 0 Å². The van der Waals surface area contributed by atoms with Gasteiger partial charge in [0.25, 0.3) is 20.0 Å². The highest BCUT2D eigenvalue weighted by Crippen LogP contribution is 2.31. The largest absolute Gasteiger partial charge is 0.471 e.